The lowest BCUT2D eigenvalue weighted by atomic mass is 9.80. The fraction of sp³-hybridized carbons (Fsp3) is 0.130. The fourth-order valence-electron chi connectivity index (χ4n) is 6.71. The number of nitrogens with zero attached hydrogens (tertiary/aromatic N) is 2. The number of rotatable bonds is 14. The number of aromatic amines is 2. The molecule has 0 saturated carbocycles. The highest BCUT2D eigenvalue weighted by molar-refractivity contribution is 9.10. The van der Waals surface area contributed by atoms with Crippen LogP contribution in [-0.4, -0.2) is 77.0 Å². The van der Waals surface area contributed by atoms with Gasteiger partial charge in [0.15, 0.2) is 11.6 Å². The highest BCUT2D eigenvalue weighted by atomic mass is 79.9. The quantitative estimate of drug-likeness (QED) is 0.0346. The number of carbonyl (C=O) groups excluding carboxylic acids is 2. The van der Waals surface area contributed by atoms with Crippen molar-refractivity contribution < 1.29 is 62.8 Å². The molecule has 0 atom stereocenters. The van der Waals surface area contributed by atoms with E-state index in [1.165, 1.54) is 73.3 Å². The highest BCUT2D eigenvalue weighted by Gasteiger charge is 2.28. The lowest BCUT2D eigenvalue weighted by Gasteiger charge is -2.11. The van der Waals surface area contributed by atoms with E-state index in [2.05, 4.69) is 45.3 Å². The molecule has 4 aromatic heterocycles. The predicted octanol–water partition coefficient (Wildman–Crippen LogP) is 8.52. The van der Waals surface area contributed by atoms with Crippen molar-refractivity contribution in [3.05, 3.63) is 171 Å². The van der Waals surface area contributed by atoms with Crippen molar-refractivity contribution in [1.29, 1.82) is 0 Å². The van der Waals surface area contributed by atoms with E-state index < -0.39 is 90.3 Å². The Morgan fingerprint density at radius 3 is 1.49 bits per heavy atom. The molecule has 4 heterocycles. The lowest BCUT2D eigenvalue weighted by molar-refractivity contribution is 0.102. The van der Waals surface area contributed by atoms with Crippen LogP contribution in [0.2, 0.25) is 0 Å². The Hall–Kier alpha value is -6.86. The maximum Gasteiger partial charge on any atom is 0.488 e. The van der Waals surface area contributed by atoms with E-state index in [1.807, 2.05) is 0 Å². The molecule has 6 N–H and O–H groups in total. The molecule has 4 aromatic carbocycles. The van der Waals surface area contributed by atoms with Crippen LogP contribution in [0.25, 0.3) is 33.2 Å². The first-order chi connectivity index (χ1) is 33.1. The van der Waals surface area contributed by atoms with E-state index in [1.54, 1.807) is 26.0 Å². The van der Waals surface area contributed by atoms with Crippen LogP contribution in [0.3, 0.4) is 0 Å². The van der Waals surface area contributed by atoms with Gasteiger partial charge in [-0.05, 0) is 100 Å². The van der Waals surface area contributed by atoms with Crippen LogP contribution in [0.4, 0.5) is 37.7 Å². The number of H-pyrrole nitrogens is 2. The number of nitrogens with one attached hydrogen (secondary N) is 4. The Morgan fingerprint density at radius 1 is 0.614 bits per heavy atom. The molecule has 70 heavy (non-hydrogen) atoms. The first-order valence-corrected chi connectivity index (χ1v) is 24.8. The average Bonchev–Trinajstić information content (AvgIpc) is 3.93. The van der Waals surface area contributed by atoms with Gasteiger partial charge in [0.1, 0.15) is 34.6 Å². The van der Waals surface area contributed by atoms with Gasteiger partial charge in [-0.15, -0.1) is 0 Å². The Kier molecular flexibility index (Phi) is 16.7. The third-order valence-corrected chi connectivity index (χ3v) is 13.4. The first-order valence-electron chi connectivity index (χ1n) is 20.7. The van der Waals surface area contributed by atoms with Crippen LogP contribution in [0.5, 0.6) is 0 Å². The number of aromatic nitrogens is 4. The standard InChI is InChI=1S/C23H18F3N3O3S.C17H14BrF2N3O3S.C6H6BFO2/c1-2-9-33(31,32)29-19-8-7-18(25)20(21(19)26)22(30)17-12-28-23-16(17)10-14(11-27-23)13-3-5-15(24)6-4-13;1-2-5-27(25,26)23-13-4-3-12(19)14(15(13)20)16(24)11-8-22-17-10(11)6-9(18)7-21-17;8-6-3-1-5(2-4-6)7(9)10/h3-8,10-12,29H,2,9H2,1H3,(H,27,28);3-4,6-8,23H,2,5H2,1H3,(H,21,22);1-4,9-10H. The number of carbonyl (C=O) groups is 2. The number of sulfonamides is 2. The van der Waals surface area contributed by atoms with Crippen molar-refractivity contribution in [3.8, 4) is 11.1 Å². The molecule has 8 aromatic rings. The van der Waals surface area contributed by atoms with Gasteiger partial charge >= 0.3 is 7.12 Å². The van der Waals surface area contributed by atoms with Crippen LogP contribution in [0.1, 0.15) is 58.5 Å². The van der Waals surface area contributed by atoms with Crippen molar-refractivity contribution in [2.24, 2.45) is 0 Å². The molecule has 0 bridgehead atoms. The summed E-state index contributed by atoms with van der Waals surface area (Å²) in [5.74, 6) is -7.98. The SMILES string of the molecule is CCCS(=O)(=O)Nc1ccc(F)c(C(=O)c2c[nH]c3ncc(-c4ccc(F)cc4)cc23)c1F.CCCS(=O)(=O)Nc1ccc(F)c(C(=O)c2c[nH]c3ncc(Br)cc23)c1F.OB(O)c1ccc(F)cc1. The molecule has 364 valence electrons. The number of fused-ring (bicyclic) bond motifs is 2. The highest BCUT2D eigenvalue weighted by Crippen LogP contribution is 2.31. The van der Waals surface area contributed by atoms with Crippen molar-refractivity contribution >= 4 is 93.6 Å². The van der Waals surface area contributed by atoms with Gasteiger partial charge in [-0.2, -0.15) is 0 Å². The number of pyridine rings is 2. The summed E-state index contributed by atoms with van der Waals surface area (Å²) in [6.07, 6.45) is 6.23. The van der Waals surface area contributed by atoms with E-state index in [4.69, 9.17) is 10.0 Å². The zero-order chi connectivity index (χ0) is 51.1. The monoisotopic (exact) mass is 1070 g/mol. The molecule has 0 amide bonds. The van der Waals surface area contributed by atoms with Crippen molar-refractivity contribution in [1.82, 2.24) is 19.9 Å². The van der Waals surface area contributed by atoms with Crippen LogP contribution in [0, 0.1) is 34.9 Å². The number of ketones is 2. The molecule has 0 spiro atoms. The minimum Gasteiger partial charge on any atom is -0.423 e. The summed E-state index contributed by atoms with van der Waals surface area (Å²) in [5.41, 5.74) is -0.572. The molecular formula is C46H38BBrF6N6O8S2. The molecule has 0 radical (unpaired) electrons. The summed E-state index contributed by atoms with van der Waals surface area (Å²) >= 11 is 3.23. The van der Waals surface area contributed by atoms with E-state index in [0.717, 1.165) is 24.3 Å². The summed E-state index contributed by atoms with van der Waals surface area (Å²) in [6.45, 7) is 3.29. The molecule has 0 aliphatic rings. The van der Waals surface area contributed by atoms with Gasteiger partial charge in [-0.25, -0.2) is 53.1 Å². The maximum atomic E-state index is 15.1. The second-order valence-electron chi connectivity index (χ2n) is 15.1. The minimum absolute atomic E-state index is 0.0187. The number of hydrogen-bond donors (Lipinski definition) is 6. The molecule has 0 aliphatic carbocycles. The molecule has 0 unspecified atom stereocenters. The molecule has 8 rings (SSSR count). The Bertz CT molecular complexity index is 3460. The number of benzene rings is 4. The van der Waals surface area contributed by atoms with Crippen molar-refractivity contribution in [3.63, 3.8) is 0 Å². The lowest BCUT2D eigenvalue weighted by Crippen LogP contribution is -2.29. The van der Waals surface area contributed by atoms with E-state index in [0.29, 0.717) is 56.0 Å². The number of hydrogen-bond acceptors (Lipinski definition) is 10. The molecule has 0 aliphatic heterocycles. The minimum atomic E-state index is -3.86. The Morgan fingerprint density at radius 2 is 1.04 bits per heavy atom. The van der Waals surface area contributed by atoms with E-state index in [9.17, 15) is 48.4 Å². The van der Waals surface area contributed by atoms with Crippen LogP contribution in [-0.2, 0) is 20.0 Å². The van der Waals surface area contributed by atoms with Gasteiger partial charge in [0, 0.05) is 56.7 Å². The average molecular weight is 1070 g/mol. The molecule has 24 heteroatoms. The summed E-state index contributed by atoms with van der Waals surface area (Å²) in [6, 6.07) is 17.4. The van der Waals surface area contributed by atoms with Gasteiger partial charge in [0.2, 0.25) is 31.6 Å². The number of anilines is 2. The number of halogens is 7. The molecule has 0 fully saturated rings. The normalized spacial score (nSPS) is 11.4. The van der Waals surface area contributed by atoms with Gasteiger partial charge in [0.25, 0.3) is 0 Å². The van der Waals surface area contributed by atoms with Gasteiger partial charge in [-0.3, -0.25) is 19.0 Å². The second-order valence-corrected chi connectivity index (χ2v) is 19.7. The van der Waals surface area contributed by atoms with Crippen LogP contribution < -0.4 is 14.9 Å². The summed E-state index contributed by atoms with van der Waals surface area (Å²) in [7, 11) is -9.17. The maximum absolute atomic E-state index is 15.1. The largest absolute Gasteiger partial charge is 0.488 e. The zero-order valence-electron chi connectivity index (χ0n) is 36.5. The van der Waals surface area contributed by atoms with Gasteiger partial charge in [0.05, 0.1) is 34.0 Å². The predicted molar refractivity (Wildman–Crippen MR) is 256 cm³/mol. The fourth-order valence-corrected chi connectivity index (χ4v) is 9.31. The van der Waals surface area contributed by atoms with Crippen LogP contribution in [0.15, 0.2) is 114 Å². The molecule has 0 saturated heterocycles. The Balaban J connectivity index is 0.000000194. The second kappa shape index (κ2) is 22.3. The third kappa shape index (κ3) is 12.5. The molecule has 14 nitrogen and oxygen atoms in total. The first kappa shape index (κ1) is 52.5. The summed E-state index contributed by atoms with van der Waals surface area (Å²) < 4.78 is 137. The zero-order valence-corrected chi connectivity index (χ0v) is 39.7. The topological polar surface area (TPSA) is 224 Å². The van der Waals surface area contributed by atoms with Crippen LogP contribution >= 0.6 is 15.9 Å². The van der Waals surface area contributed by atoms with Gasteiger partial charge < -0.3 is 20.0 Å². The van der Waals surface area contributed by atoms with Gasteiger partial charge in [-0.1, -0.05) is 38.1 Å². The smallest absolute Gasteiger partial charge is 0.423 e. The Labute approximate surface area is 404 Å². The van der Waals surface area contributed by atoms with Crippen molar-refractivity contribution in [2.75, 3.05) is 20.9 Å². The molecular weight excluding hydrogens is 1030 g/mol. The third-order valence-electron chi connectivity index (χ3n) is 9.98. The van der Waals surface area contributed by atoms with Crippen molar-refractivity contribution in [2.45, 2.75) is 26.7 Å². The summed E-state index contributed by atoms with van der Waals surface area (Å²) in [5, 5.41) is 17.8. The van der Waals surface area contributed by atoms with E-state index >= 15 is 4.39 Å². The van der Waals surface area contributed by atoms with E-state index in [-0.39, 0.29) is 28.4 Å². The summed E-state index contributed by atoms with van der Waals surface area (Å²) in [4.78, 5) is 39.8.